The molecule has 0 spiro atoms. The van der Waals surface area contributed by atoms with Gasteiger partial charge in [-0.15, -0.1) is 0 Å². The van der Waals surface area contributed by atoms with Gasteiger partial charge in [-0.25, -0.2) is 0 Å². The number of aliphatic hydroxyl groups is 1. The summed E-state index contributed by atoms with van der Waals surface area (Å²) in [6.07, 6.45) is 0. The highest BCUT2D eigenvalue weighted by Gasteiger charge is 2.18. The molecule has 4 nitrogen and oxygen atoms in total. The van der Waals surface area contributed by atoms with Crippen molar-refractivity contribution >= 4 is 0 Å². The SMILES string of the molecule is COCc1cccc(COc2ccc3c(c2)COc2cc(CO)ccc2-3)c1. The number of hydrogen-bond donors (Lipinski definition) is 1. The Bertz CT molecular complexity index is 949. The lowest BCUT2D eigenvalue weighted by Crippen LogP contribution is -2.06. The zero-order chi connectivity index (χ0) is 18.6. The van der Waals surface area contributed by atoms with Gasteiger partial charge in [-0.2, -0.15) is 0 Å². The number of hydrogen-bond acceptors (Lipinski definition) is 4. The van der Waals surface area contributed by atoms with Gasteiger partial charge in [0.05, 0.1) is 13.2 Å². The maximum atomic E-state index is 9.29. The van der Waals surface area contributed by atoms with Crippen molar-refractivity contribution in [2.45, 2.75) is 26.4 Å². The van der Waals surface area contributed by atoms with Crippen LogP contribution in [0.2, 0.25) is 0 Å². The predicted octanol–water partition coefficient (Wildman–Crippen LogP) is 4.46. The van der Waals surface area contributed by atoms with Crippen LogP contribution in [-0.2, 0) is 31.2 Å². The first-order chi connectivity index (χ1) is 13.3. The van der Waals surface area contributed by atoms with Crippen LogP contribution in [0.4, 0.5) is 0 Å². The summed E-state index contributed by atoms with van der Waals surface area (Å²) >= 11 is 0. The smallest absolute Gasteiger partial charge is 0.128 e. The summed E-state index contributed by atoms with van der Waals surface area (Å²) in [6.45, 7) is 1.62. The fourth-order valence-corrected chi connectivity index (χ4v) is 3.35. The summed E-state index contributed by atoms with van der Waals surface area (Å²) in [4.78, 5) is 0. The minimum atomic E-state index is 0.0157. The lowest BCUT2D eigenvalue weighted by atomic mass is 9.96. The van der Waals surface area contributed by atoms with Gasteiger partial charge in [0.1, 0.15) is 24.7 Å². The van der Waals surface area contributed by atoms with E-state index in [4.69, 9.17) is 14.2 Å². The number of aliphatic hydroxyl groups excluding tert-OH is 1. The van der Waals surface area contributed by atoms with E-state index >= 15 is 0 Å². The van der Waals surface area contributed by atoms with E-state index in [-0.39, 0.29) is 6.61 Å². The molecule has 0 atom stereocenters. The van der Waals surface area contributed by atoms with Crippen molar-refractivity contribution in [2.75, 3.05) is 7.11 Å². The zero-order valence-electron chi connectivity index (χ0n) is 15.3. The maximum Gasteiger partial charge on any atom is 0.128 e. The van der Waals surface area contributed by atoms with E-state index in [9.17, 15) is 5.11 Å². The molecule has 0 bridgehead atoms. The molecule has 4 heteroatoms. The molecule has 0 aliphatic carbocycles. The van der Waals surface area contributed by atoms with Gasteiger partial charge in [0.25, 0.3) is 0 Å². The minimum absolute atomic E-state index is 0.0157. The van der Waals surface area contributed by atoms with E-state index < -0.39 is 0 Å². The summed E-state index contributed by atoms with van der Waals surface area (Å²) in [5.41, 5.74) is 6.40. The molecule has 3 aromatic carbocycles. The minimum Gasteiger partial charge on any atom is -0.489 e. The van der Waals surface area contributed by atoms with Crippen LogP contribution in [0.15, 0.2) is 60.7 Å². The van der Waals surface area contributed by atoms with Gasteiger partial charge in [0.2, 0.25) is 0 Å². The fraction of sp³-hybridized carbons (Fsp3) is 0.217. The standard InChI is InChI=1S/C23H22O4/c1-25-13-17-3-2-4-18(9-17)14-26-20-6-8-21-19(11-20)15-27-23-10-16(12-24)5-7-22(21)23/h2-11,24H,12-15H2,1H3. The third kappa shape index (κ3) is 3.82. The Kier molecular flexibility index (Phi) is 5.10. The zero-order valence-corrected chi connectivity index (χ0v) is 15.3. The van der Waals surface area contributed by atoms with Crippen LogP contribution in [0.25, 0.3) is 11.1 Å². The highest BCUT2D eigenvalue weighted by Crippen LogP contribution is 2.39. The number of fused-ring (bicyclic) bond motifs is 3. The molecule has 0 amide bonds. The van der Waals surface area contributed by atoms with Crippen molar-refractivity contribution in [2.24, 2.45) is 0 Å². The first-order valence-corrected chi connectivity index (χ1v) is 8.96. The molecule has 1 aliphatic heterocycles. The molecule has 1 heterocycles. The monoisotopic (exact) mass is 362 g/mol. The lowest BCUT2D eigenvalue weighted by Gasteiger charge is -2.22. The van der Waals surface area contributed by atoms with Crippen LogP contribution in [0, 0.1) is 0 Å². The topological polar surface area (TPSA) is 47.9 Å². The number of ether oxygens (including phenoxy) is 3. The summed E-state index contributed by atoms with van der Waals surface area (Å²) in [6, 6.07) is 20.1. The molecule has 27 heavy (non-hydrogen) atoms. The second-order valence-corrected chi connectivity index (χ2v) is 6.64. The molecule has 0 saturated carbocycles. The molecular weight excluding hydrogens is 340 g/mol. The van der Waals surface area contributed by atoms with Gasteiger partial charge >= 0.3 is 0 Å². The molecule has 1 aliphatic rings. The van der Waals surface area contributed by atoms with Gasteiger partial charge in [-0.3, -0.25) is 0 Å². The van der Waals surface area contributed by atoms with Crippen LogP contribution in [-0.4, -0.2) is 12.2 Å². The molecule has 0 aromatic heterocycles. The van der Waals surface area contributed by atoms with E-state index in [2.05, 4.69) is 18.2 Å². The van der Waals surface area contributed by atoms with E-state index in [0.29, 0.717) is 19.8 Å². The molecule has 1 N–H and O–H groups in total. The van der Waals surface area contributed by atoms with Crippen LogP contribution in [0.3, 0.4) is 0 Å². The van der Waals surface area contributed by atoms with Crippen LogP contribution < -0.4 is 9.47 Å². The summed E-state index contributed by atoms with van der Waals surface area (Å²) in [5.74, 6) is 1.64. The van der Waals surface area contributed by atoms with Crippen molar-refractivity contribution in [3.05, 3.63) is 82.9 Å². The normalized spacial score (nSPS) is 12.1. The van der Waals surface area contributed by atoms with Gasteiger partial charge in [0.15, 0.2) is 0 Å². The fourth-order valence-electron chi connectivity index (χ4n) is 3.35. The molecule has 0 fully saturated rings. The van der Waals surface area contributed by atoms with E-state index in [1.165, 1.54) is 0 Å². The summed E-state index contributed by atoms with van der Waals surface area (Å²) in [5, 5.41) is 9.29. The molecule has 4 rings (SSSR count). The first kappa shape index (κ1) is 17.6. The lowest BCUT2D eigenvalue weighted by molar-refractivity contribution is 0.184. The van der Waals surface area contributed by atoms with Gasteiger partial charge in [-0.1, -0.05) is 42.5 Å². The Hall–Kier alpha value is -2.82. The van der Waals surface area contributed by atoms with Crippen molar-refractivity contribution in [3.8, 4) is 22.6 Å². The van der Waals surface area contributed by atoms with E-state index in [1.807, 2.05) is 42.5 Å². The molecule has 0 radical (unpaired) electrons. The van der Waals surface area contributed by atoms with Crippen molar-refractivity contribution < 1.29 is 19.3 Å². The Labute approximate surface area is 158 Å². The molecule has 0 unspecified atom stereocenters. The van der Waals surface area contributed by atoms with Crippen LogP contribution in [0.1, 0.15) is 22.3 Å². The Morgan fingerprint density at radius 1 is 0.889 bits per heavy atom. The molecular formula is C23H22O4. The number of benzene rings is 3. The molecule has 0 saturated heterocycles. The van der Waals surface area contributed by atoms with Crippen molar-refractivity contribution in [1.29, 1.82) is 0 Å². The van der Waals surface area contributed by atoms with E-state index in [1.54, 1.807) is 7.11 Å². The highest BCUT2D eigenvalue weighted by atomic mass is 16.5. The Morgan fingerprint density at radius 3 is 2.52 bits per heavy atom. The van der Waals surface area contributed by atoms with Crippen LogP contribution >= 0.6 is 0 Å². The number of rotatable bonds is 6. The first-order valence-electron chi connectivity index (χ1n) is 8.96. The number of methoxy groups -OCH3 is 1. The van der Waals surface area contributed by atoms with Crippen molar-refractivity contribution in [3.63, 3.8) is 0 Å². The molecule has 3 aromatic rings. The highest BCUT2D eigenvalue weighted by molar-refractivity contribution is 5.76. The second-order valence-electron chi connectivity index (χ2n) is 6.64. The molecule has 138 valence electrons. The Balaban J connectivity index is 1.51. The average Bonchev–Trinajstić information content (AvgIpc) is 2.72. The van der Waals surface area contributed by atoms with Crippen molar-refractivity contribution in [1.82, 2.24) is 0 Å². The largest absolute Gasteiger partial charge is 0.489 e. The van der Waals surface area contributed by atoms with Gasteiger partial charge in [-0.05, 0) is 40.5 Å². The predicted molar refractivity (Wildman–Crippen MR) is 104 cm³/mol. The van der Waals surface area contributed by atoms with Gasteiger partial charge < -0.3 is 19.3 Å². The van der Waals surface area contributed by atoms with Gasteiger partial charge in [0, 0.05) is 18.2 Å². The maximum absolute atomic E-state index is 9.29. The van der Waals surface area contributed by atoms with E-state index in [0.717, 1.165) is 44.9 Å². The summed E-state index contributed by atoms with van der Waals surface area (Å²) in [7, 11) is 1.70. The quantitative estimate of drug-likeness (QED) is 0.703. The average molecular weight is 362 g/mol. The summed E-state index contributed by atoms with van der Waals surface area (Å²) < 4.78 is 17.0. The second kappa shape index (κ2) is 7.82. The third-order valence-electron chi connectivity index (χ3n) is 4.69. The third-order valence-corrected chi connectivity index (χ3v) is 4.69. The van der Waals surface area contributed by atoms with Crippen LogP contribution in [0.5, 0.6) is 11.5 Å². The Morgan fingerprint density at radius 2 is 1.70 bits per heavy atom.